The van der Waals surface area contributed by atoms with Crippen molar-refractivity contribution in [3.05, 3.63) is 40.8 Å². The fourth-order valence-electron chi connectivity index (χ4n) is 1.36. The molecule has 0 saturated carbocycles. The van der Waals surface area contributed by atoms with Crippen molar-refractivity contribution in [3.8, 4) is 0 Å². The van der Waals surface area contributed by atoms with Crippen LogP contribution in [0.1, 0.15) is 18.1 Å². The topological polar surface area (TPSA) is 66.4 Å². The van der Waals surface area contributed by atoms with Gasteiger partial charge in [0.25, 0.3) is 0 Å². The Morgan fingerprint density at radius 1 is 1.30 bits per heavy atom. The van der Waals surface area contributed by atoms with Gasteiger partial charge in [-0.25, -0.2) is 9.18 Å². The molecule has 0 aromatic heterocycles. The minimum Gasteiger partial charge on any atom is -0.477 e. The van der Waals surface area contributed by atoms with Gasteiger partial charge in [0.15, 0.2) is 0 Å². The monoisotopic (exact) mass is 291 g/mol. The van der Waals surface area contributed by atoms with Gasteiger partial charge in [-0.3, -0.25) is 4.79 Å². The molecule has 0 unspecified atom stereocenters. The lowest BCUT2D eigenvalue weighted by Crippen LogP contribution is -2.24. The SMILES string of the molecule is CC(=O)N/C(=C/c1ccc(C(F)(F)F)c(F)c1)C(=O)O. The standard InChI is InChI=1S/C12H9F4NO3/c1-6(18)17-10(11(19)20)5-7-2-3-8(9(13)4-7)12(14,15)16/h2-5H,1H3,(H,17,18)(H,19,20)/b10-5+. The summed E-state index contributed by atoms with van der Waals surface area (Å²) < 4.78 is 50.3. The van der Waals surface area contributed by atoms with Crippen LogP contribution in [0.3, 0.4) is 0 Å². The molecule has 0 radical (unpaired) electrons. The number of hydrogen-bond donors (Lipinski definition) is 2. The number of aliphatic carboxylic acids is 1. The number of carbonyl (C=O) groups is 2. The van der Waals surface area contributed by atoms with Crippen LogP contribution < -0.4 is 5.32 Å². The van der Waals surface area contributed by atoms with Crippen LogP contribution in [0.2, 0.25) is 0 Å². The molecule has 1 aromatic rings. The highest BCUT2D eigenvalue weighted by Crippen LogP contribution is 2.31. The summed E-state index contributed by atoms with van der Waals surface area (Å²) in [5.41, 5.74) is -2.15. The molecule has 0 saturated heterocycles. The van der Waals surface area contributed by atoms with E-state index in [1.165, 1.54) is 0 Å². The van der Waals surface area contributed by atoms with Gasteiger partial charge in [-0.15, -0.1) is 0 Å². The molecule has 2 N–H and O–H groups in total. The summed E-state index contributed by atoms with van der Waals surface area (Å²) in [6.07, 6.45) is -3.98. The van der Waals surface area contributed by atoms with Crippen molar-refractivity contribution in [1.82, 2.24) is 5.32 Å². The normalized spacial score (nSPS) is 12.2. The number of carbonyl (C=O) groups excluding carboxylic acids is 1. The second kappa shape index (κ2) is 5.72. The van der Waals surface area contributed by atoms with E-state index in [4.69, 9.17) is 5.11 Å². The van der Waals surface area contributed by atoms with Gasteiger partial charge in [0.05, 0.1) is 5.56 Å². The van der Waals surface area contributed by atoms with Crippen molar-refractivity contribution in [2.75, 3.05) is 0 Å². The quantitative estimate of drug-likeness (QED) is 0.664. The Morgan fingerprint density at radius 3 is 2.30 bits per heavy atom. The summed E-state index contributed by atoms with van der Waals surface area (Å²) in [7, 11) is 0. The maximum Gasteiger partial charge on any atom is 0.419 e. The third-order valence-electron chi connectivity index (χ3n) is 2.15. The van der Waals surface area contributed by atoms with Gasteiger partial charge in [-0.05, 0) is 23.8 Å². The van der Waals surface area contributed by atoms with Crippen molar-refractivity contribution in [2.24, 2.45) is 0 Å². The summed E-state index contributed by atoms with van der Waals surface area (Å²) in [4.78, 5) is 21.6. The molecule has 1 amide bonds. The van der Waals surface area contributed by atoms with Crippen LogP contribution in [0.5, 0.6) is 0 Å². The summed E-state index contributed by atoms with van der Waals surface area (Å²) in [6.45, 7) is 1.06. The lowest BCUT2D eigenvalue weighted by atomic mass is 10.1. The highest BCUT2D eigenvalue weighted by Gasteiger charge is 2.33. The predicted octanol–water partition coefficient (Wildman–Crippen LogP) is 2.41. The molecule has 0 heterocycles. The molecule has 0 aliphatic heterocycles. The van der Waals surface area contributed by atoms with E-state index >= 15 is 0 Å². The van der Waals surface area contributed by atoms with Gasteiger partial charge in [0.2, 0.25) is 5.91 Å². The fraction of sp³-hybridized carbons (Fsp3) is 0.167. The van der Waals surface area contributed by atoms with Crippen LogP contribution in [0.15, 0.2) is 23.9 Å². The first-order valence-electron chi connectivity index (χ1n) is 5.20. The van der Waals surface area contributed by atoms with E-state index in [-0.39, 0.29) is 5.56 Å². The molecule has 1 rings (SSSR count). The summed E-state index contributed by atoms with van der Waals surface area (Å²) in [5, 5.41) is 10.7. The van der Waals surface area contributed by atoms with Crippen LogP contribution in [0, 0.1) is 5.82 Å². The van der Waals surface area contributed by atoms with Crippen LogP contribution in [-0.4, -0.2) is 17.0 Å². The van der Waals surface area contributed by atoms with Crippen LogP contribution in [0.25, 0.3) is 6.08 Å². The third-order valence-corrected chi connectivity index (χ3v) is 2.15. The van der Waals surface area contributed by atoms with Crippen molar-refractivity contribution in [1.29, 1.82) is 0 Å². The molecular weight excluding hydrogens is 282 g/mol. The van der Waals surface area contributed by atoms with E-state index in [0.717, 1.165) is 19.1 Å². The molecule has 108 valence electrons. The highest BCUT2D eigenvalue weighted by atomic mass is 19.4. The van der Waals surface area contributed by atoms with Gasteiger partial charge in [0, 0.05) is 6.92 Å². The molecule has 0 atom stereocenters. The van der Waals surface area contributed by atoms with E-state index < -0.39 is 35.1 Å². The van der Waals surface area contributed by atoms with Crippen LogP contribution in [0.4, 0.5) is 17.6 Å². The zero-order valence-corrected chi connectivity index (χ0v) is 10.1. The minimum absolute atomic E-state index is 0.123. The van der Waals surface area contributed by atoms with E-state index in [1.54, 1.807) is 0 Å². The van der Waals surface area contributed by atoms with Gasteiger partial charge in [0.1, 0.15) is 11.5 Å². The van der Waals surface area contributed by atoms with Gasteiger partial charge in [-0.2, -0.15) is 13.2 Å². The van der Waals surface area contributed by atoms with Gasteiger partial charge < -0.3 is 10.4 Å². The Kier molecular flexibility index (Phi) is 4.49. The Labute approximate surface area is 110 Å². The van der Waals surface area contributed by atoms with Crippen molar-refractivity contribution in [2.45, 2.75) is 13.1 Å². The number of carboxylic acids is 1. The summed E-state index contributed by atoms with van der Waals surface area (Å²) in [6, 6.07) is 1.93. The molecule has 1 aromatic carbocycles. The fourth-order valence-corrected chi connectivity index (χ4v) is 1.36. The number of benzene rings is 1. The second-order valence-electron chi connectivity index (χ2n) is 3.78. The van der Waals surface area contributed by atoms with E-state index in [9.17, 15) is 27.2 Å². The van der Waals surface area contributed by atoms with E-state index in [1.807, 2.05) is 5.32 Å². The first kappa shape index (κ1) is 15.7. The average molecular weight is 291 g/mol. The van der Waals surface area contributed by atoms with Crippen molar-refractivity contribution >= 4 is 18.0 Å². The summed E-state index contributed by atoms with van der Waals surface area (Å²) in [5.74, 6) is -3.70. The minimum atomic E-state index is -4.83. The number of nitrogens with one attached hydrogen (secondary N) is 1. The predicted molar refractivity (Wildman–Crippen MR) is 60.8 cm³/mol. The van der Waals surface area contributed by atoms with Gasteiger partial charge in [-0.1, -0.05) is 6.07 Å². The zero-order valence-electron chi connectivity index (χ0n) is 10.1. The second-order valence-corrected chi connectivity index (χ2v) is 3.78. The Morgan fingerprint density at radius 2 is 1.90 bits per heavy atom. The maximum absolute atomic E-state index is 13.3. The van der Waals surface area contributed by atoms with Crippen LogP contribution >= 0.6 is 0 Å². The molecule has 4 nitrogen and oxygen atoms in total. The molecule has 0 bridgehead atoms. The summed E-state index contributed by atoms with van der Waals surface area (Å²) >= 11 is 0. The lowest BCUT2D eigenvalue weighted by Gasteiger charge is -2.08. The number of carboxylic acid groups (broad SMARTS) is 1. The first-order valence-corrected chi connectivity index (χ1v) is 5.20. The molecular formula is C12H9F4NO3. The Bertz CT molecular complexity index is 579. The van der Waals surface area contributed by atoms with Crippen molar-refractivity contribution < 1.29 is 32.3 Å². The number of halogens is 4. The molecule has 0 aliphatic rings. The third kappa shape index (κ3) is 4.08. The smallest absolute Gasteiger partial charge is 0.419 e. The number of amides is 1. The molecule has 8 heteroatoms. The zero-order chi connectivity index (χ0) is 15.5. The first-order chi connectivity index (χ1) is 9.11. The molecule has 0 spiro atoms. The number of alkyl halides is 3. The van der Waals surface area contributed by atoms with Crippen molar-refractivity contribution in [3.63, 3.8) is 0 Å². The average Bonchev–Trinajstić information content (AvgIpc) is 2.25. The number of hydrogen-bond acceptors (Lipinski definition) is 2. The lowest BCUT2D eigenvalue weighted by molar-refractivity contribution is -0.140. The largest absolute Gasteiger partial charge is 0.477 e. The highest BCUT2D eigenvalue weighted by molar-refractivity contribution is 5.96. The maximum atomic E-state index is 13.3. The van der Waals surface area contributed by atoms with Gasteiger partial charge >= 0.3 is 12.1 Å². The van der Waals surface area contributed by atoms with E-state index in [0.29, 0.717) is 12.1 Å². The molecule has 20 heavy (non-hydrogen) atoms. The van der Waals surface area contributed by atoms with E-state index in [2.05, 4.69) is 0 Å². The Balaban J connectivity index is 3.18. The molecule has 0 aliphatic carbocycles. The number of rotatable bonds is 3. The Hall–Kier alpha value is -2.38. The molecule has 0 fully saturated rings. The van der Waals surface area contributed by atoms with Crippen LogP contribution in [-0.2, 0) is 15.8 Å².